The Bertz CT molecular complexity index is 1120. The monoisotopic (exact) mass is 417 g/mol. The molecule has 1 heterocycles. The standard InChI is InChI=1S/C19H23N5O4S/c1-12-4-6-13(7-5-12)29(25,26)22-9-8-21-19-23-15-11-17(28-3)16(27-2)10-14(15)18(20)24-19/h4-7,10-11,22H,8-9H2,1-3H3,(H3,20,21,23,24). The summed E-state index contributed by atoms with van der Waals surface area (Å²) in [6.07, 6.45) is 0. The normalized spacial score (nSPS) is 11.4. The number of hydrogen-bond donors (Lipinski definition) is 3. The van der Waals surface area contributed by atoms with Crippen LogP contribution in [0.3, 0.4) is 0 Å². The molecule has 4 N–H and O–H groups in total. The number of ether oxygens (including phenoxy) is 2. The highest BCUT2D eigenvalue weighted by atomic mass is 32.2. The van der Waals surface area contributed by atoms with Crippen LogP contribution in [-0.4, -0.2) is 45.7 Å². The molecule has 1 aromatic heterocycles. The van der Waals surface area contributed by atoms with Gasteiger partial charge in [0.05, 0.1) is 24.6 Å². The molecule has 2 aromatic carbocycles. The zero-order chi connectivity index (χ0) is 21.0. The predicted octanol–water partition coefficient (Wildman–Crippen LogP) is 1.93. The zero-order valence-electron chi connectivity index (χ0n) is 16.4. The van der Waals surface area contributed by atoms with E-state index in [2.05, 4.69) is 20.0 Å². The second-order valence-corrected chi connectivity index (χ2v) is 8.06. The van der Waals surface area contributed by atoms with Gasteiger partial charge in [-0.3, -0.25) is 0 Å². The molecule has 0 spiro atoms. The molecule has 10 heteroatoms. The molecular formula is C19H23N5O4S. The van der Waals surface area contributed by atoms with E-state index in [1.807, 2.05) is 6.92 Å². The Morgan fingerprint density at radius 2 is 1.66 bits per heavy atom. The quantitative estimate of drug-likeness (QED) is 0.474. The number of hydrogen-bond acceptors (Lipinski definition) is 8. The second-order valence-electron chi connectivity index (χ2n) is 6.29. The minimum atomic E-state index is -3.58. The molecule has 0 aliphatic carbocycles. The van der Waals surface area contributed by atoms with Crippen LogP contribution in [-0.2, 0) is 10.0 Å². The zero-order valence-corrected chi connectivity index (χ0v) is 17.2. The first-order valence-electron chi connectivity index (χ1n) is 8.83. The van der Waals surface area contributed by atoms with Gasteiger partial charge in [0.2, 0.25) is 16.0 Å². The summed E-state index contributed by atoms with van der Waals surface area (Å²) >= 11 is 0. The predicted molar refractivity (Wildman–Crippen MR) is 112 cm³/mol. The number of fused-ring (bicyclic) bond motifs is 1. The Balaban J connectivity index is 1.68. The number of nitrogen functional groups attached to an aromatic ring is 1. The highest BCUT2D eigenvalue weighted by molar-refractivity contribution is 7.89. The van der Waals surface area contributed by atoms with Gasteiger partial charge in [-0.25, -0.2) is 18.1 Å². The molecule has 29 heavy (non-hydrogen) atoms. The Hall–Kier alpha value is -3.11. The van der Waals surface area contributed by atoms with E-state index < -0.39 is 10.0 Å². The summed E-state index contributed by atoms with van der Waals surface area (Å²) in [7, 11) is -0.506. The lowest BCUT2D eigenvalue weighted by Gasteiger charge is -2.12. The van der Waals surface area contributed by atoms with Gasteiger partial charge < -0.3 is 20.5 Å². The lowest BCUT2D eigenvalue weighted by atomic mass is 10.2. The van der Waals surface area contributed by atoms with E-state index in [0.717, 1.165) is 5.56 Å². The molecule has 0 aliphatic heterocycles. The highest BCUT2D eigenvalue weighted by Crippen LogP contribution is 2.33. The minimum Gasteiger partial charge on any atom is -0.493 e. The summed E-state index contributed by atoms with van der Waals surface area (Å²) in [4.78, 5) is 8.84. The first-order valence-corrected chi connectivity index (χ1v) is 10.3. The molecule has 9 nitrogen and oxygen atoms in total. The van der Waals surface area contributed by atoms with E-state index in [1.165, 1.54) is 14.2 Å². The number of nitrogens with two attached hydrogens (primary N) is 1. The Morgan fingerprint density at radius 1 is 1.00 bits per heavy atom. The molecule has 0 saturated carbocycles. The third kappa shape index (κ3) is 4.66. The smallest absolute Gasteiger partial charge is 0.240 e. The van der Waals surface area contributed by atoms with Crippen molar-refractivity contribution in [1.29, 1.82) is 0 Å². The van der Waals surface area contributed by atoms with Crippen LogP contribution >= 0.6 is 0 Å². The van der Waals surface area contributed by atoms with Crippen molar-refractivity contribution in [2.45, 2.75) is 11.8 Å². The number of aryl methyl sites for hydroxylation is 1. The number of aromatic nitrogens is 2. The molecular weight excluding hydrogens is 394 g/mol. The molecule has 0 aliphatic rings. The van der Waals surface area contributed by atoms with Gasteiger partial charge in [-0.05, 0) is 25.1 Å². The van der Waals surface area contributed by atoms with Gasteiger partial charge >= 0.3 is 0 Å². The van der Waals surface area contributed by atoms with E-state index in [4.69, 9.17) is 15.2 Å². The van der Waals surface area contributed by atoms with Gasteiger partial charge in [0.15, 0.2) is 11.5 Å². The van der Waals surface area contributed by atoms with Crippen molar-refractivity contribution in [3.63, 3.8) is 0 Å². The maximum atomic E-state index is 12.3. The van der Waals surface area contributed by atoms with Crippen LogP contribution in [0.2, 0.25) is 0 Å². The third-order valence-electron chi connectivity index (χ3n) is 4.26. The number of nitrogens with one attached hydrogen (secondary N) is 2. The summed E-state index contributed by atoms with van der Waals surface area (Å²) in [5.74, 6) is 1.62. The number of benzene rings is 2. The molecule has 3 aromatic rings. The average Bonchev–Trinajstić information content (AvgIpc) is 2.70. The molecule has 0 atom stereocenters. The SMILES string of the molecule is COc1cc2nc(NCCNS(=O)(=O)c3ccc(C)cc3)nc(N)c2cc1OC. The summed E-state index contributed by atoms with van der Waals surface area (Å²) < 4.78 is 37.7. The van der Waals surface area contributed by atoms with Crippen LogP contribution in [0.15, 0.2) is 41.3 Å². The van der Waals surface area contributed by atoms with E-state index in [9.17, 15) is 8.42 Å². The van der Waals surface area contributed by atoms with Crippen molar-refractivity contribution in [3.05, 3.63) is 42.0 Å². The van der Waals surface area contributed by atoms with Gasteiger partial charge in [0.1, 0.15) is 5.82 Å². The van der Waals surface area contributed by atoms with Crippen molar-refractivity contribution in [2.24, 2.45) is 0 Å². The number of anilines is 2. The van der Waals surface area contributed by atoms with Crippen LogP contribution in [0, 0.1) is 6.92 Å². The van der Waals surface area contributed by atoms with Crippen molar-refractivity contribution >= 4 is 32.7 Å². The third-order valence-corrected chi connectivity index (χ3v) is 5.74. The molecule has 0 unspecified atom stereocenters. The second kappa shape index (κ2) is 8.50. The maximum absolute atomic E-state index is 12.3. The topological polar surface area (TPSA) is 128 Å². The van der Waals surface area contributed by atoms with Gasteiger partial charge in [-0.2, -0.15) is 4.98 Å². The van der Waals surface area contributed by atoms with Gasteiger partial charge in [0.25, 0.3) is 0 Å². The summed E-state index contributed by atoms with van der Waals surface area (Å²) in [5, 5.41) is 3.61. The minimum absolute atomic E-state index is 0.156. The molecule has 0 saturated heterocycles. The molecule has 0 fully saturated rings. The first kappa shape index (κ1) is 20.6. The Morgan fingerprint density at radius 3 is 2.31 bits per heavy atom. The van der Waals surface area contributed by atoms with Crippen molar-refractivity contribution in [2.75, 3.05) is 38.4 Å². The van der Waals surface area contributed by atoms with Crippen LogP contribution in [0.1, 0.15) is 5.56 Å². The molecule has 0 amide bonds. The fourth-order valence-corrected chi connectivity index (χ4v) is 3.75. The van der Waals surface area contributed by atoms with E-state index in [1.54, 1.807) is 36.4 Å². The number of rotatable bonds is 8. The largest absolute Gasteiger partial charge is 0.493 e. The average molecular weight is 417 g/mol. The van der Waals surface area contributed by atoms with Crippen LogP contribution in [0.5, 0.6) is 11.5 Å². The van der Waals surface area contributed by atoms with Crippen molar-refractivity contribution in [3.8, 4) is 11.5 Å². The van der Waals surface area contributed by atoms with Crippen LogP contribution in [0.25, 0.3) is 10.9 Å². The highest BCUT2D eigenvalue weighted by Gasteiger charge is 2.14. The molecule has 154 valence electrons. The van der Waals surface area contributed by atoms with Gasteiger partial charge in [-0.1, -0.05) is 17.7 Å². The first-order chi connectivity index (χ1) is 13.8. The molecule has 0 radical (unpaired) electrons. The lowest BCUT2D eigenvalue weighted by Crippen LogP contribution is -2.29. The Labute approximate surface area is 169 Å². The van der Waals surface area contributed by atoms with Gasteiger partial charge in [0, 0.05) is 24.5 Å². The van der Waals surface area contributed by atoms with E-state index in [0.29, 0.717) is 22.4 Å². The number of methoxy groups -OCH3 is 2. The van der Waals surface area contributed by atoms with Crippen LogP contribution in [0.4, 0.5) is 11.8 Å². The fourth-order valence-electron chi connectivity index (χ4n) is 2.72. The number of nitrogens with zero attached hydrogens (tertiary/aromatic N) is 2. The van der Waals surface area contributed by atoms with Crippen molar-refractivity contribution in [1.82, 2.24) is 14.7 Å². The Kier molecular flexibility index (Phi) is 6.04. The fraction of sp³-hybridized carbons (Fsp3) is 0.263. The van der Waals surface area contributed by atoms with Crippen LogP contribution < -0.4 is 25.2 Å². The molecule has 3 rings (SSSR count). The van der Waals surface area contributed by atoms with E-state index >= 15 is 0 Å². The molecule has 0 bridgehead atoms. The summed E-state index contributed by atoms with van der Waals surface area (Å²) in [5.41, 5.74) is 7.61. The van der Waals surface area contributed by atoms with Gasteiger partial charge in [-0.15, -0.1) is 0 Å². The van der Waals surface area contributed by atoms with E-state index in [-0.39, 0.29) is 29.8 Å². The summed E-state index contributed by atoms with van der Waals surface area (Å²) in [6.45, 7) is 2.33. The lowest BCUT2D eigenvalue weighted by molar-refractivity contribution is 0.356. The number of sulfonamides is 1. The maximum Gasteiger partial charge on any atom is 0.240 e. The van der Waals surface area contributed by atoms with Crippen molar-refractivity contribution < 1.29 is 17.9 Å². The summed E-state index contributed by atoms with van der Waals surface area (Å²) in [6, 6.07) is 10.1.